The number of ether oxygens (including phenoxy) is 1. The number of imidazole rings is 1. The van der Waals surface area contributed by atoms with E-state index in [0.717, 1.165) is 46.9 Å². The van der Waals surface area contributed by atoms with E-state index in [0.29, 0.717) is 6.54 Å². The maximum atomic E-state index is 5.87. The number of likely N-dealkylation sites (N-methyl/N-ethyl adjacent to an activating group) is 2. The molecule has 0 fully saturated rings. The van der Waals surface area contributed by atoms with Crippen molar-refractivity contribution in [3.8, 4) is 0 Å². The van der Waals surface area contributed by atoms with E-state index in [9.17, 15) is 0 Å². The number of aromatic nitrogens is 2. The van der Waals surface area contributed by atoms with Crippen molar-refractivity contribution in [3.63, 3.8) is 0 Å². The van der Waals surface area contributed by atoms with Crippen molar-refractivity contribution in [2.45, 2.75) is 18.8 Å². The van der Waals surface area contributed by atoms with Gasteiger partial charge in [0.05, 0.1) is 17.6 Å². The Bertz CT molecular complexity index is 1080. The normalized spacial score (nSPS) is 17.7. The highest BCUT2D eigenvalue weighted by Crippen LogP contribution is 2.26. The molecule has 9 heteroatoms. The van der Waals surface area contributed by atoms with Crippen LogP contribution in [-0.4, -0.2) is 72.7 Å². The fraction of sp³-hybridized carbons (Fsp3) is 0.391. The maximum Gasteiger partial charge on any atom is 0.162 e. The zero-order valence-corrected chi connectivity index (χ0v) is 19.0. The lowest BCUT2D eigenvalue weighted by Crippen LogP contribution is -2.47. The lowest BCUT2D eigenvalue weighted by atomic mass is 10.1. The number of hydroxylamine groups is 2. The number of nitrogen functional groups attached to an aromatic ring is 1. The molecule has 0 spiro atoms. The van der Waals surface area contributed by atoms with Crippen LogP contribution in [0.2, 0.25) is 0 Å². The van der Waals surface area contributed by atoms with Crippen molar-refractivity contribution >= 4 is 22.4 Å². The van der Waals surface area contributed by atoms with E-state index in [4.69, 9.17) is 20.4 Å². The first-order valence-electron chi connectivity index (χ1n) is 10.7. The molecule has 1 aromatic heterocycles. The number of nitrogens with one attached hydrogen (secondary N) is 1. The van der Waals surface area contributed by atoms with Crippen LogP contribution in [0.1, 0.15) is 17.5 Å². The molecule has 170 valence electrons. The van der Waals surface area contributed by atoms with Crippen molar-refractivity contribution in [2.75, 3.05) is 47.1 Å². The maximum absolute atomic E-state index is 5.87. The summed E-state index contributed by atoms with van der Waals surface area (Å²) in [6.45, 7) is 2.26. The van der Waals surface area contributed by atoms with Gasteiger partial charge in [-0.2, -0.15) is 0 Å². The fourth-order valence-electron chi connectivity index (χ4n) is 3.84. The zero-order chi connectivity index (χ0) is 22.7. The van der Waals surface area contributed by atoms with Gasteiger partial charge in [0.25, 0.3) is 0 Å². The minimum atomic E-state index is -0.206. The van der Waals surface area contributed by atoms with Crippen LogP contribution >= 0.6 is 0 Å². The Hall–Kier alpha value is -2.98. The number of oxime groups is 1. The van der Waals surface area contributed by atoms with Crippen molar-refractivity contribution in [2.24, 2.45) is 5.16 Å². The average Bonchev–Trinajstić information content (AvgIpc) is 3.32. The lowest BCUT2D eigenvalue weighted by molar-refractivity contribution is -0.137. The van der Waals surface area contributed by atoms with Gasteiger partial charge in [-0.1, -0.05) is 34.5 Å². The molecule has 0 bridgehead atoms. The second kappa shape index (κ2) is 9.66. The molecule has 4 rings (SSSR count). The molecule has 9 nitrogen and oxygen atoms in total. The van der Waals surface area contributed by atoms with E-state index < -0.39 is 0 Å². The number of rotatable bonds is 9. The van der Waals surface area contributed by atoms with Crippen LogP contribution < -0.4 is 11.1 Å². The SMILES string of the molecule is COC(Cn1c(C2=NON(C)C2NCCN(C)C)nc2ccccc21)c1ccc(N)cc1. The third-order valence-corrected chi connectivity index (χ3v) is 5.61. The largest absolute Gasteiger partial charge is 0.399 e. The summed E-state index contributed by atoms with van der Waals surface area (Å²) in [5.41, 5.74) is 10.3. The number of nitrogens with two attached hydrogens (primary N) is 1. The molecule has 0 radical (unpaired) electrons. The van der Waals surface area contributed by atoms with Gasteiger partial charge in [-0.15, -0.1) is 0 Å². The van der Waals surface area contributed by atoms with Crippen LogP contribution in [-0.2, 0) is 16.2 Å². The lowest BCUT2D eigenvalue weighted by Gasteiger charge is -2.22. The topological polar surface area (TPSA) is 93.2 Å². The molecular formula is C23H31N7O2. The second-order valence-electron chi connectivity index (χ2n) is 8.19. The molecule has 2 heterocycles. The summed E-state index contributed by atoms with van der Waals surface area (Å²) in [5, 5.41) is 9.59. The average molecular weight is 438 g/mol. The number of nitrogens with zero attached hydrogens (tertiary/aromatic N) is 5. The van der Waals surface area contributed by atoms with Gasteiger partial charge in [0, 0.05) is 32.9 Å². The molecule has 2 atom stereocenters. The number of hydrogen-bond donors (Lipinski definition) is 2. The van der Waals surface area contributed by atoms with Crippen LogP contribution in [0.25, 0.3) is 11.0 Å². The minimum Gasteiger partial charge on any atom is -0.399 e. The summed E-state index contributed by atoms with van der Waals surface area (Å²) < 4.78 is 8.02. The van der Waals surface area contributed by atoms with Crippen LogP contribution in [0.15, 0.2) is 53.7 Å². The molecule has 2 unspecified atom stereocenters. The first kappa shape index (κ1) is 22.2. The van der Waals surface area contributed by atoms with Crippen LogP contribution in [0.3, 0.4) is 0 Å². The molecule has 0 saturated heterocycles. The van der Waals surface area contributed by atoms with Gasteiger partial charge in [0.2, 0.25) is 0 Å². The molecular weight excluding hydrogens is 406 g/mol. The predicted octanol–water partition coefficient (Wildman–Crippen LogP) is 2.06. The van der Waals surface area contributed by atoms with E-state index >= 15 is 0 Å². The smallest absolute Gasteiger partial charge is 0.162 e. The number of fused-ring (bicyclic) bond motifs is 1. The molecule has 3 N–H and O–H groups in total. The summed E-state index contributed by atoms with van der Waals surface area (Å²) in [6.07, 6.45) is -0.379. The van der Waals surface area contributed by atoms with Crippen molar-refractivity contribution < 1.29 is 9.68 Å². The van der Waals surface area contributed by atoms with Gasteiger partial charge in [0.15, 0.2) is 11.5 Å². The summed E-state index contributed by atoms with van der Waals surface area (Å²) in [4.78, 5) is 12.6. The van der Waals surface area contributed by atoms with Crippen LogP contribution in [0.4, 0.5) is 5.69 Å². The molecule has 32 heavy (non-hydrogen) atoms. The van der Waals surface area contributed by atoms with Gasteiger partial charge in [-0.3, -0.25) is 10.3 Å². The van der Waals surface area contributed by atoms with Crippen molar-refractivity contribution in [1.29, 1.82) is 0 Å². The number of hydrogen-bond acceptors (Lipinski definition) is 8. The fourth-order valence-corrected chi connectivity index (χ4v) is 3.84. The van der Waals surface area contributed by atoms with Crippen LogP contribution in [0.5, 0.6) is 0 Å². The molecule has 3 aromatic rings. The Labute approximate surface area is 188 Å². The molecule has 1 aliphatic heterocycles. The zero-order valence-electron chi connectivity index (χ0n) is 19.0. The van der Waals surface area contributed by atoms with E-state index in [-0.39, 0.29) is 12.3 Å². The Balaban J connectivity index is 1.69. The standard InChI is InChI=1S/C23H31N7O2/c1-28(2)14-13-25-22-21(27-32-29(22)3)23-26-18-7-5-6-8-19(18)30(23)15-20(31-4)16-9-11-17(24)12-10-16/h5-12,20,22,25H,13-15,24H2,1-4H3. The third kappa shape index (κ3) is 4.61. The van der Waals surface area contributed by atoms with Crippen LogP contribution in [0, 0.1) is 0 Å². The van der Waals surface area contributed by atoms with Crippen molar-refractivity contribution in [1.82, 2.24) is 24.8 Å². The highest BCUT2D eigenvalue weighted by Gasteiger charge is 2.34. The summed E-state index contributed by atoms with van der Waals surface area (Å²) in [7, 11) is 7.68. The number of methoxy groups -OCH3 is 1. The van der Waals surface area contributed by atoms with Gasteiger partial charge >= 0.3 is 0 Å². The highest BCUT2D eigenvalue weighted by molar-refractivity contribution is 6.04. The van der Waals surface area contributed by atoms with E-state index in [1.54, 1.807) is 12.2 Å². The quantitative estimate of drug-likeness (QED) is 0.495. The molecule has 0 amide bonds. The van der Waals surface area contributed by atoms with E-state index in [1.165, 1.54) is 0 Å². The molecule has 2 aromatic carbocycles. The Morgan fingerprint density at radius 1 is 1.19 bits per heavy atom. The summed E-state index contributed by atoms with van der Waals surface area (Å²) in [6, 6.07) is 15.9. The molecule has 0 aliphatic carbocycles. The van der Waals surface area contributed by atoms with Gasteiger partial charge in [0.1, 0.15) is 12.3 Å². The first-order chi connectivity index (χ1) is 15.5. The first-order valence-corrected chi connectivity index (χ1v) is 10.7. The molecule has 0 saturated carbocycles. The van der Waals surface area contributed by atoms with E-state index in [1.807, 2.05) is 63.6 Å². The second-order valence-corrected chi connectivity index (χ2v) is 8.19. The van der Waals surface area contributed by atoms with Crippen molar-refractivity contribution in [3.05, 3.63) is 59.9 Å². The van der Waals surface area contributed by atoms with E-state index in [2.05, 4.69) is 26.0 Å². The predicted molar refractivity (Wildman–Crippen MR) is 126 cm³/mol. The Morgan fingerprint density at radius 2 is 1.94 bits per heavy atom. The number of benzene rings is 2. The summed E-state index contributed by atoms with van der Waals surface area (Å²) in [5.74, 6) is 0.760. The number of anilines is 1. The monoisotopic (exact) mass is 437 g/mol. The Morgan fingerprint density at radius 3 is 2.66 bits per heavy atom. The highest BCUT2D eigenvalue weighted by atomic mass is 16.8. The summed E-state index contributed by atoms with van der Waals surface area (Å²) >= 11 is 0. The van der Waals surface area contributed by atoms with Gasteiger partial charge < -0.3 is 19.9 Å². The number of para-hydroxylation sites is 2. The van der Waals surface area contributed by atoms with Gasteiger partial charge in [-0.05, 0) is 43.9 Å². The van der Waals surface area contributed by atoms with Gasteiger partial charge in [-0.25, -0.2) is 4.98 Å². The third-order valence-electron chi connectivity index (χ3n) is 5.61. The molecule has 1 aliphatic rings. The minimum absolute atomic E-state index is 0.173. The Kier molecular flexibility index (Phi) is 6.71.